The summed E-state index contributed by atoms with van der Waals surface area (Å²) in [5.74, 6) is -1.43. The first-order chi connectivity index (χ1) is 10.6. The molecular weight excluding hydrogens is 285 g/mol. The fraction of sp³-hybridized carbons (Fsp3) is 0.0625. The molecule has 0 aliphatic carbocycles. The number of carbonyl (C=O) groups is 2. The lowest BCUT2D eigenvalue weighted by Crippen LogP contribution is -2.24. The molecule has 0 aliphatic heterocycles. The number of hydrogen-bond donors (Lipinski definition) is 2. The van der Waals surface area contributed by atoms with Crippen LogP contribution in [0.25, 0.3) is 0 Å². The molecule has 5 nitrogen and oxygen atoms in total. The number of nitrogens with one attached hydrogen (secondary N) is 2. The van der Waals surface area contributed by atoms with Crippen LogP contribution in [0.4, 0.5) is 10.1 Å². The molecule has 112 valence electrons. The summed E-state index contributed by atoms with van der Waals surface area (Å²) in [5.41, 5.74) is 3.52. The first kappa shape index (κ1) is 15.4. The zero-order chi connectivity index (χ0) is 15.8. The highest BCUT2D eigenvalue weighted by Crippen LogP contribution is 2.08. The number of hydrogen-bond acceptors (Lipinski definition) is 3. The topological polar surface area (TPSA) is 70.6 Å². The third-order valence-electron chi connectivity index (χ3n) is 2.65. The summed E-state index contributed by atoms with van der Waals surface area (Å²) in [6.07, 6.45) is 1.11. The minimum absolute atomic E-state index is 0.372. The molecule has 2 aromatic rings. The lowest BCUT2D eigenvalue weighted by Gasteiger charge is -2.04. The van der Waals surface area contributed by atoms with E-state index in [1.54, 1.807) is 0 Å². The largest absolute Gasteiger partial charge is 0.326 e. The summed E-state index contributed by atoms with van der Waals surface area (Å²) in [4.78, 5) is 23.2. The van der Waals surface area contributed by atoms with Crippen LogP contribution in [-0.4, -0.2) is 18.0 Å². The molecule has 0 saturated carbocycles. The van der Waals surface area contributed by atoms with E-state index < -0.39 is 17.6 Å². The highest BCUT2D eigenvalue weighted by atomic mass is 19.1. The number of anilines is 1. The number of nitrogens with zero attached hydrogens (tertiary/aromatic N) is 1. The summed E-state index contributed by atoms with van der Waals surface area (Å²) in [6.45, 7) is 0. The highest BCUT2D eigenvalue weighted by molar-refractivity contribution is 6.03. The molecule has 0 saturated heterocycles. The van der Waals surface area contributed by atoms with E-state index in [9.17, 15) is 14.0 Å². The van der Waals surface area contributed by atoms with Gasteiger partial charge in [-0.25, -0.2) is 9.82 Å². The molecule has 2 N–H and O–H groups in total. The summed E-state index contributed by atoms with van der Waals surface area (Å²) >= 11 is 0. The van der Waals surface area contributed by atoms with E-state index in [1.165, 1.54) is 30.5 Å². The van der Waals surface area contributed by atoms with Crippen LogP contribution >= 0.6 is 0 Å². The number of amides is 2. The van der Waals surface area contributed by atoms with Gasteiger partial charge in [0.1, 0.15) is 12.2 Å². The molecule has 2 aromatic carbocycles. The summed E-state index contributed by atoms with van der Waals surface area (Å²) in [5, 5.41) is 6.25. The van der Waals surface area contributed by atoms with Gasteiger partial charge in [-0.15, -0.1) is 0 Å². The van der Waals surface area contributed by atoms with Gasteiger partial charge in [-0.2, -0.15) is 5.10 Å². The molecule has 0 fully saturated rings. The van der Waals surface area contributed by atoms with Gasteiger partial charge in [0, 0.05) is 5.69 Å². The summed E-state index contributed by atoms with van der Waals surface area (Å²) in [7, 11) is 0. The van der Waals surface area contributed by atoms with E-state index >= 15 is 0 Å². The molecule has 0 bridgehead atoms. The fourth-order valence-corrected chi connectivity index (χ4v) is 1.64. The van der Waals surface area contributed by atoms with Crippen LogP contribution in [0, 0.1) is 5.82 Å². The van der Waals surface area contributed by atoms with Crippen molar-refractivity contribution in [1.82, 2.24) is 5.43 Å². The SMILES string of the molecule is O=C(CC(=O)Nc1ccc(F)cc1)NN=Cc1ccccc1. The zero-order valence-corrected chi connectivity index (χ0v) is 11.6. The molecule has 2 amide bonds. The predicted octanol–water partition coefficient (Wildman–Crippen LogP) is 2.30. The fourth-order valence-electron chi connectivity index (χ4n) is 1.64. The molecule has 0 aromatic heterocycles. The molecule has 22 heavy (non-hydrogen) atoms. The first-order valence-corrected chi connectivity index (χ1v) is 6.56. The van der Waals surface area contributed by atoms with E-state index in [-0.39, 0.29) is 6.42 Å². The number of rotatable bonds is 5. The lowest BCUT2D eigenvalue weighted by atomic mass is 10.2. The van der Waals surface area contributed by atoms with Gasteiger partial charge in [-0.05, 0) is 29.8 Å². The maximum atomic E-state index is 12.7. The van der Waals surface area contributed by atoms with Crippen LogP contribution in [0.3, 0.4) is 0 Å². The van der Waals surface area contributed by atoms with Gasteiger partial charge in [0.15, 0.2) is 0 Å². The van der Waals surface area contributed by atoms with Gasteiger partial charge < -0.3 is 5.32 Å². The second-order valence-electron chi connectivity index (χ2n) is 4.44. The van der Waals surface area contributed by atoms with Crippen molar-refractivity contribution in [3.8, 4) is 0 Å². The zero-order valence-electron chi connectivity index (χ0n) is 11.6. The van der Waals surface area contributed by atoms with Crippen molar-refractivity contribution in [1.29, 1.82) is 0 Å². The molecule has 0 heterocycles. The van der Waals surface area contributed by atoms with Gasteiger partial charge in [0.2, 0.25) is 11.8 Å². The van der Waals surface area contributed by atoms with E-state index in [0.29, 0.717) is 5.69 Å². The summed E-state index contributed by atoms with van der Waals surface area (Å²) < 4.78 is 12.7. The van der Waals surface area contributed by atoms with E-state index in [2.05, 4.69) is 15.8 Å². The van der Waals surface area contributed by atoms with Crippen LogP contribution in [0.2, 0.25) is 0 Å². The highest BCUT2D eigenvalue weighted by Gasteiger charge is 2.08. The molecule has 0 atom stereocenters. The van der Waals surface area contributed by atoms with Gasteiger partial charge in [-0.1, -0.05) is 30.3 Å². The van der Waals surface area contributed by atoms with Crippen molar-refractivity contribution >= 4 is 23.7 Å². The average Bonchev–Trinajstić information content (AvgIpc) is 2.50. The Labute approximate surface area is 126 Å². The second kappa shape index (κ2) is 7.68. The van der Waals surface area contributed by atoms with E-state index in [4.69, 9.17) is 0 Å². The van der Waals surface area contributed by atoms with Gasteiger partial charge >= 0.3 is 0 Å². The number of benzene rings is 2. The Kier molecular flexibility index (Phi) is 5.37. The van der Waals surface area contributed by atoms with Crippen LogP contribution in [0.5, 0.6) is 0 Å². The minimum atomic E-state index is -0.535. The Bertz CT molecular complexity index is 670. The minimum Gasteiger partial charge on any atom is -0.326 e. The van der Waals surface area contributed by atoms with E-state index in [1.807, 2.05) is 30.3 Å². The van der Waals surface area contributed by atoms with Crippen LogP contribution in [0.15, 0.2) is 59.7 Å². The molecular formula is C16H14FN3O2. The maximum absolute atomic E-state index is 12.7. The Hall–Kier alpha value is -3.02. The van der Waals surface area contributed by atoms with Crippen LogP contribution in [0.1, 0.15) is 12.0 Å². The quantitative estimate of drug-likeness (QED) is 0.505. The van der Waals surface area contributed by atoms with Crippen molar-refractivity contribution in [3.63, 3.8) is 0 Å². The van der Waals surface area contributed by atoms with Crippen molar-refractivity contribution in [2.24, 2.45) is 5.10 Å². The van der Waals surface area contributed by atoms with Gasteiger partial charge in [-0.3, -0.25) is 9.59 Å². The van der Waals surface area contributed by atoms with Crippen molar-refractivity contribution < 1.29 is 14.0 Å². The third kappa shape index (κ3) is 5.16. The van der Waals surface area contributed by atoms with Crippen LogP contribution < -0.4 is 10.7 Å². The number of hydrazone groups is 1. The maximum Gasteiger partial charge on any atom is 0.249 e. The monoisotopic (exact) mass is 299 g/mol. The summed E-state index contributed by atoms with van der Waals surface area (Å²) in [6, 6.07) is 14.5. The van der Waals surface area contributed by atoms with Gasteiger partial charge in [0.05, 0.1) is 6.21 Å². The standard InChI is InChI=1S/C16H14FN3O2/c17-13-6-8-14(9-7-13)19-15(21)10-16(22)20-18-11-12-4-2-1-3-5-12/h1-9,11H,10H2,(H,19,21)(H,20,22). The van der Waals surface area contributed by atoms with Crippen LogP contribution in [-0.2, 0) is 9.59 Å². The lowest BCUT2D eigenvalue weighted by molar-refractivity contribution is -0.126. The smallest absolute Gasteiger partial charge is 0.249 e. The second-order valence-corrected chi connectivity index (χ2v) is 4.44. The Balaban J connectivity index is 1.78. The van der Waals surface area contributed by atoms with Crippen molar-refractivity contribution in [2.45, 2.75) is 6.42 Å². The molecule has 0 spiro atoms. The normalized spacial score (nSPS) is 10.4. The Morgan fingerprint density at radius 1 is 1.00 bits per heavy atom. The Morgan fingerprint density at radius 3 is 2.36 bits per heavy atom. The van der Waals surface area contributed by atoms with Crippen molar-refractivity contribution in [3.05, 3.63) is 66.0 Å². The third-order valence-corrected chi connectivity index (χ3v) is 2.65. The number of carbonyl (C=O) groups excluding carboxylic acids is 2. The van der Waals surface area contributed by atoms with E-state index in [0.717, 1.165) is 5.56 Å². The molecule has 0 aliphatic rings. The molecule has 2 rings (SSSR count). The first-order valence-electron chi connectivity index (χ1n) is 6.56. The van der Waals surface area contributed by atoms with Crippen molar-refractivity contribution in [2.75, 3.05) is 5.32 Å². The number of halogens is 1. The van der Waals surface area contributed by atoms with Gasteiger partial charge in [0.25, 0.3) is 0 Å². The molecule has 0 radical (unpaired) electrons. The molecule has 6 heteroatoms. The average molecular weight is 299 g/mol. The molecule has 0 unspecified atom stereocenters. The predicted molar refractivity (Wildman–Crippen MR) is 81.8 cm³/mol. The Morgan fingerprint density at radius 2 is 1.68 bits per heavy atom.